The summed E-state index contributed by atoms with van der Waals surface area (Å²) in [4.78, 5) is 1.26. The zero-order chi connectivity index (χ0) is 14.7. The van der Waals surface area contributed by atoms with Gasteiger partial charge in [-0.1, -0.05) is 12.1 Å². The van der Waals surface area contributed by atoms with Crippen LogP contribution in [0.2, 0.25) is 0 Å². The number of hydrogen-bond donors (Lipinski definition) is 1. The van der Waals surface area contributed by atoms with Gasteiger partial charge in [-0.05, 0) is 42.7 Å². The Labute approximate surface area is 128 Å². The maximum absolute atomic E-state index is 5.87. The highest BCUT2D eigenvalue weighted by Crippen LogP contribution is 2.28. The van der Waals surface area contributed by atoms with Crippen molar-refractivity contribution in [1.29, 1.82) is 0 Å². The highest BCUT2D eigenvalue weighted by molar-refractivity contribution is 7.98. The van der Waals surface area contributed by atoms with Crippen molar-refractivity contribution in [3.63, 3.8) is 0 Å². The third-order valence-corrected chi connectivity index (χ3v) is 4.08. The van der Waals surface area contributed by atoms with E-state index in [9.17, 15) is 0 Å². The molecule has 0 aliphatic rings. The second-order valence-electron chi connectivity index (χ2n) is 4.67. The molecule has 0 aliphatic heterocycles. The predicted molar refractivity (Wildman–Crippen MR) is 88.3 cm³/mol. The lowest BCUT2D eigenvalue weighted by Gasteiger charge is -2.05. The van der Waals surface area contributed by atoms with E-state index in [2.05, 4.69) is 35.8 Å². The van der Waals surface area contributed by atoms with E-state index < -0.39 is 0 Å². The minimum atomic E-state index is 0.649. The number of nitrogens with one attached hydrogen (secondary N) is 1. The summed E-state index contributed by atoms with van der Waals surface area (Å²) in [5, 5.41) is 4.43. The Hall–Kier alpha value is -2.07. The summed E-state index contributed by atoms with van der Waals surface area (Å²) in [6.45, 7) is 0.649. The molecule has 0 saturated carbocycles. The van der Waals surface area contributed by atoms with Crippen LogP contribution in [0.5, 0.6) is 5.75 Å². The van der Waals surface area contributed by atoms with E-state index in [1.807, 2.05) is 24.3 Å². The maximum atomic E-state index is 5.87. The number of fused-ring (bicyclic) bond motifs is 1. The van der Waals surface area contributed by atoms with Gasteiger partial charge >= 0.3 is 0 Å². The first kappa shape index (κ1) is 13.9. The second kappa shape index (κ2) is 6.14. The monoisotopic (exact) mass is 299 g/mol. The van der Waals surface area contributed by atoms with Crippen LogP contribution in [0.25, 0.3) is 11.0 Å². The van der Waals surface area contributed by atoms with Crippen molar-refractivity contribution in [1.82, 2.24) is 0 Å². The average molecular weight is 299 g/mol. The molecule has 0 saturated heterocycles. The van der Waals surface area contributed by atoms with E-state index >= 15 is 0 Å². The van der Waals surface area contributed by atoms with Crippen LogP contribution in [-0.4, -0.2) is 13.4 Å². The molecule has 0 bridgehead atoms. The van der Waals surface area contributed by atoms with Crippen LogP contribution in [-0.2, 0) is 6.54 Å². The highest BCUT2D eigenvalue weighted by atomic mass is 32.2. The number of hydrogen-bond acceptors (Lipinski definition) is 4. The summed E-state index contributed by atoms with van der Waals surface area (Å²) in [7, 11) is 1.66. The largest absolute Gasteiger partial charge is 0.493 e. The van der Waals surface area contributed by atoms with Crippen molar-refractivity contribution in [2.45, 2.75) is 11.4 Å². The number of benzene rings is 2. The lowest BCUT2D eigenvalue weighted by Crippen LogP contribution is -1.97. The van der Waals surface area contributed by atoms with Crippen molar-refractivity contribution >= 4 is 28.4 Å². The molecule has 4 heteroatoms. The topological polar surface area (TPSA) is 34.4 Å². The molecule has 0 fully saturated rings. The summed E-state index contributed by atoms with van der Waals surface area (Å²) < 4.78 is 11.2. The van der Waals surface area contributed by atoms with Gasteiger partial charge in [0.1, 0.15) is 5.76 Å². The second-order valence-corrected chi connectivity index (χ2v) is 5.55. The SMILES string of the molecule is COc1cccc2cc(CNc3ccc(SC)cc3)oc12. The van der Waals surface area contributed by atoms with E-state index in [4.69, 9.17) is 9.15 Å². The minimum Gasteiger partial charge on any atom is -0.493 e. The fraction of sp³-hybridized carbons (Fsp3) is 0.176. The molecule has 0 atom stereocenters. The number of ether oxygens (including phenoxy) is 1. The molecule has 1 N–H and O–H groups in total. The van der Waals surface area contributed by atoms with Gasteiger partial charge in [0.15, 0.2) is 11.3 Å². The van der Waals surface area contributed by atoms with Crippen molar-refractivity contribution in [3.05, 3.63) is 54.3 Å². The van der Waals surface area contributed by atoms with Gasteiger partial charge in [-0.3, -0.25) is 0 Å². The Balaban J connectivity index is 1.75. The summed E-state index contributed by atoms with van der Waals surface area (Å²) in [5.74, 6) is 1.66. The van der Waals surface area contributed by atoms with Gasteiger partial charge in [0.05, 0.1) is 13.7 Å². The molecule has 3 aromatic rings. The van der Waals surface area contributed by atoms with Crippen LogP contribution in [0.1, 0.15) is 5.76 Å². The zero-order valence-electron chi connectivity index (χ0n) is 12.1. The predicted octanol–water partition coefficient (Wildman–Crippen LogP) is 4.78. The third kappa shape index (κ3) is 3.00. The Morgan fingerprint density at radius 3 is 2.67 bits per heavy atom. The molecule has 3 nitrogen and oxygen atoms in total. The van der Waals surface area contributed by atoms with Crippen LogP contribution in [0.4, 0.5) is 5.69 Å². The Morgan fingerprint density at radius 1 is 1.14 bits per heavy atom. The van der Waals surface area contributed by atoms with Crippen molar-refractivity contribution in [2.24, 2.45) is 0 Å². The third-order valence-electron chi connectivity index (χ3n) is 3.34. The van der Waals surface area contributed by atoms with Gasteiger partial charge in [-0.2, -0.15) is 0 Å². The number of para-hydroxylation sites is 1. The molecule has 0 aliphatic carbocycles. The first-order valence-electron chi connectivity index (χ1n) is 6.73. The molecule has 2 aromatic carbocycles. The quantitative estimate of drug-likeness (QED) is 0.688. The number of thioether (sulfide) groups is 1. The van der Waals surface area contributed by atoms with Gasteiger partial charge in [0.2, 0.25) is 0 Å². The number of anilines is 1. The van der Waals surface area contributed by atoms with Crippen molar-refractivity contribution in [3.8, 4) is 5.75 Å². The lowest BCUT2D eigenvalue weighted by atomic mass is 10.2. The molecular formula is C17H17NO2S. The van der Waals surface area contributed by atoms with Gasteiger partial charge in [0.25, 0.3) is 0 Å². The standard InChI is InChI=1S/C17H17NO2S/c1-19-16-5-3-4-12-10-14(20-17(12)16)11-18-13-6-8-15(21-2)9-7-13/h3-10,18H,11H2,1-2H3. The molecule has 1 heterocycles. The minimum absolute atomic E-state index is 0.649. The smallest absolute Gasteiger partial charge is 0.176 e. The van der Waals surface area contributed by atoms with Crippen LogP contribution < -0.4 is 10.1 Å². The van der Waals surface area contributed by atoms with Crippen molar-refractivity contribution in [2.75, 3.05) is 18.7 Å². The maximum Gasteiger partial charge on any atom is 0.176 e. The first-order valence-corrected chi connectivity index (χ1v) is 7.96. The fourth-order valence-corrected chi connectivity index (χ4v) is 2.64. The Morgan fingerprint density at radius 2 is 1.95 bits per heavy atom. The summed E-state index contributed by atoms with van der Waals surface area (Å²) in [5.41, 5.74) is 1.88. The molecule has 0 radical (unpaired) electrons. The van der Waals surface area contributed by atoms with Gasteiger partial charge in [-0.25, -0.2) is 0 Å². The van der Waals surface area contributed by atoms with Gasteiger partial charge in [0, 0.05) is 16.0 Å². The van der Waals surface area contributed by atoms with Crippen LogP contribution in [0, 0.1) is 0 Å². The first-order chi connectivity index (χ1) is 10.3. The number of furan rings is 1. The molecule has 21 heavy (non-hydrogen) atoms. The molecule has 0 amide bonds. The van der Waals surface area contributed by atoms with Crippen molar-refractivity contribution < 1.29 is 9.15 Å². The van der Waals surface area contributed by atoms with E-state index in [0.717, 1.165) is 28.2 Å². The Bertz CT molecular complexity index is 734. The lowest BCUT2D eigenvalue weighted by molar-refractivity contribution is 0.408. The molecule has 1 aromatic heterocycles. The van der Waals surface area contributed by atoms with E-state index in [1.54, 1.807) is 18.9 Å². The molecule has 0 spiro atoms. The summed E-state index contributed by atoms with van der Waals surface area (Å²) in [6, 6.07) is 16.3. The van der Waals surface area contributed by atoms with Crippen LogP contribution >= 0.6 is 11.8 Å². The molecule has 108 valence electrons. The average Bonchev–Trinajstić information content (AvgIpc) is 2.96. The Kier molecular flexibility index (Phi) is 4.06. The number of methoxy groups -OCH3 is 1. The normalized spacial score (nSPS) is 10.8. The van der Waals surface area contributed by atoms with E-state index in [-0.39, 0.29) is 0 Å². The molecule has 3 rings (SSSR count). The van der Waals surface area contributed by atoms with Crippen LogP contribution in [0.15, 0.2) is 57.8 Å². The molecule has 0 unspecified atom stereocenters. The fourth-order valence-electron chi connectivity index (χ4n) is 2.24. The number of rotatable bonds is 5. The summed E-state index contributed by atoms with van der Waals surface area (Å²) in [6.07, 6.45) is 2.07. The zero-order valence-corrected chi connectivity index (χ0v) is 12.9. The van der Waals surface area contributed by atoms with E-state index in [0.29, 0.717) is 6.54 Å². The van der Waals surface area contributed by atoms with Crippen LogP contribution in [0.3, 0.4) is 0 Å². The highest BCUT2D eigenvalue weighted by Gasteiger charge is 2.08. The van der Waals surface area contributed by atoms with Gasteiger partial charge < -0.3 is 14.5 Å². The molecular weight excluding hydrogens is 282 g/mol. The van der Waals surface area contributed by atoms with Gasteiger partial charge in [-0.15, -0.1) is 11.8 Å². The van der Waals surface area contributed by atoms with E-state index in [1.165, 1.54) is 4.90 Å². The summed E-state index contributed by atoms with van der Waals surface area (Å²) >= 11 is 1.74.